The molecule has 0 N–H and O–H groups in total. The van der Waals surface area contributed by atoms with Crippen molar-refractivity contribution in [1.29, 1.82) is 0 Å². The fraction of sp³-hybridized carbons (Fsp3) is 0.400. The van der Waals surface area contributed by atoms with Crippen molar-refractivity contribution in [3.63, 3.8) is 0 Å². The van der Waals surface area contributed by atoms with Crippen molar-refractivity contribution in [3.05, 3.63) is 41.2 Å². The zero-order valence-corrected chi connectivity index (χ0v) is 12.5. The van der Waals surface area contributed by atoms with E-state index < -0.39 is 5.97 Å². The molecule has 0 aliphatic carbocycles. The fourth-order valence-corrected chi connectivity index (χ4v) is 2.10. The molecular weight excluding hydrogens is 270 g/mol. The molecule has 6 heteroatoms. The van der Waals surface area contributed by atoms with Gasteiger partial charge in [-0.3, -0.25) is 0 Å². The summed E-state index contributed by atoms with van der Waals surface area (Å²) >= 11 is 0. The van der Waals surface area contributed by atoms with E-state index >= 15 is 0 Å². The third kappa shape index (κ3) is 3.39. The summed E-state index contributed by atoms with van der Waals surface area (Å²) in [5.41, 5.74) is 2.12. The Balaban J connectivity index is 2.19. The van der Waals surface area contributed by atoms with E-state index in [0.717, 1.165) is 17.0 Å². The summed E-state index contributed by atoms with van der Waals surface area (Å²) in [6.45, 7) is 5.11. The Kier molecular flexibility index (Phi) is 4.92. The van der Waals surface area contributed by atoms with Gasteiger partial charge >= 0.3 is 5.97 Å². The van der Waals surface area contributed by atoms with Gasteiger partial charge < -0.3 is 9.47 Å². The molecule has 0 aliphatic heterocycles. The van der Waals surface area contributed by atoms with Crippen LogP contribution in [0, 0.1) is 0 Å². The summed E-state index contributed by atoms with van der Waals surface area (Å²) in [4.78, 5) is 11.6. The molecule has 0 saturated carbocycles. The van der Waals surface area contributed by atoms with E-state index in [9.17, 15) is 4.79 Å². The molecule has 2 rings (SSSR count). The minimum Gasteiger partial charge on any atom is -0.494 e. The first-order valence-corrected chi connectivity index (χ1v) is 6.92. The largest absolute Gasteiger partial charge is 0.494 e. The number of nitrogens with zero attached hydrogens (tertiary/aromatic N) is 3. The third-order valence-corrected chi connectivity index (χ3v) is 3.12. The maximum atomic E-state index is 11.6. The van der Waals surface area contributed by atoms with E-state index in [1.165, 1.54) is 7.11 Å². The minimum absolute atomic E-state index is 0.283. The highest BCUT2D eigenvalue weighted by Crippen LogP contribution is 2.15. The number of hydrogen-bond donors (Lipinski definition) is 0. The second kappa shape index (κ2) is 6.88. The van der Waals surface area contributed by atoms with Crippen molar-refractivity contribution in [2.75, 3.05) is 13.7 Å². The van der Waals surface area contributed by atoms with Crippen molar-refractivity contribution >= 4 is 5.97 Å². The Bertz CT molecular complexity index is 605. The molecule has 0 unspecified atom stereocenters. The SMILES string of the molecule is CCOc1ccc(Cn2nnc(C(=O)OC)c2CC)cc1. The first-order valence-electron chi connectivity index (χ1n) is 6.92. The van der Waals surface area contributed by atoms with Gasteiger partial charge in [-0.15, -0.1) is 5.10 Å². The third-order valence-electron chi connectivity index (χ3n) is 3.12. The predicted octanol–water partition coefficient (Wildman–Crippen LogP) is 2.07. The lowest BCUT2D eigenvalue weighted by Crippen LogP contribution is -2.09. The first-order chi connectivity index (χ1) is 10.2. The molecule has 0 atom stereocenters. The number of hydrogen-bond acceptors (Lipinski definition) is 5. The molecule has 1 aromatic carbocycles. The quantitative estimate of drug-likeness (QED) is 0.762. The zero-order valence-electron chi connectivity index (χ0n) is 12.5. The normalized spacial score (nSPS) is 10.4. The van der Waals surface area contributed by atoms with Gasteiger partial charge in [-0.05, 0) is 31.0 Å². The molecule has 1 aromatic heterocycles. The second-order valence-electron chi connectivity index (χ2n) is 4.46. The number of carbonyl (C=O) groups is 1. The average molecular weight is 289 g/mol. The molecule has 0 spiro atoms. The second-order valence-corrected chi connectivity index (χ2v) is 4.46. The molecule has 0 aliphatic rings. The molecular formula is C15H19N3O3. The molecule has 6 nitrogen and oxygen atoms in total. The first kappa shape index (κ1) is 15.0. The Morgan fingerprint density at radius 1 is 1.24 bits per heavy atom. The number of benzene rings is 1. The lowest BCUT2D eigenvalue weighted by Gasteiger charge is -2.07. The standard InChI is InChI=1S/C15H19N3O3/c1-4-13-14(15(19)20-3)16-17-18(13)10-11-6-8-12(9-7-11)21-5-2/h6-9H,4-5,10H2,1-3H3. The molecule has 0 amide bonds. The van der Waals surface area contributed by atoms with Crippen molar-refractivity contribution < 1.29 is 14.3 Å². The van der Waals surface area contributed by atoms with Gasteiger partial charge in [0.1, 0.15) is 5.75 Å². The van der Waals surface area contributed by atoms with Crippen LogP contribution in [0.4, 0.5) is 0 Å². The molecule has 21 heavy (non-hydrogen) atoms. The van der Waals surface area contributed by atoms with Gasteiger partial charge in [0, 0.05) is 0 Å². The highest BCUT2D eigenvalue weighted by atomic mass is 16.5. The lowest BCUT2D eigenvalue weighted by molar-refractivity contribution is 0.0592. The molecule has 0 radical (unpaired) electrons. The van der Waals surface area contributed by atoms with Crippen LogP contribution >= 0.6 is 0 Å². The Morgan fingerprint density at radius 3 is 2.52 bits per heavy atom. The molecule has 0 bridgehead atoms. The monoisotopic (exact) mass is 289 g/mol. The van der Waals surface area contributed by atoms with Gasteiger partial charge in [0.05, 0.1) is 26.0 Å². The minimum atomic E-state index is -0.454. The van der Waals surface area contributed by atoms with E-state index in [0.29, 0.717) is 19.6 Å². The van der Waals surface area contributed by atoms with E-state index in [4.69, 9.17) is 9.47 Å². The van der Waals surface area contributed by atoms with E-state index in [1.54, 1.807) is 4.68 Å². The maximum Gasteiger partial charge on any atom is 0.360 e. The van der Waals surface area contributed by atoms with Gasteiger partial charge in [0.15, 0.2) is 5.69 Å². The van der Waals surface area contributed by atoms with Gasteiger partial charge in [0.25, 0.3) is 0 Å². The highest BCUT2D eigenvalue weighted by molar-refractivity contribution is 5.88. The molecule has 1 heterocycles. The lowest BCUT2D eigenvalue weighted by atomic mass is 10.2. The summed E-state index contributed by atoms with van der Waals surface area (Å²) in [5, 5.41) is 7.96. The summed E-state index contributed by atoms with van der Waals surface area (Å²) in [5.74, 6) is 0.385. The Labute approximate surface area is 123 Å². The van der Waals surface area contributed by atoms with Crippen molar-refractivity contribution in [2.45, 2.75) is 26.8 Å². The number of ether oxygens (including phenoxy) is 2. The molecule has 0 saturated heterocycles. The van der Waals surface area contributed by atoms with E-state index in [1.807, 2.05) is 38.1 Å². The van der Waals surface area contributed by atoms with Crippen LogP contribution in [-0.2, 0) is 17.7 Å². The van der Waals surface area contributed by atoms with Crippen LogP contribution in [0.2, 0.25) is 0 Å². The fourth-order valence-electron chi connectivity index (χ4n) is 2.10. The van der Waals surface area contributed by atoms with Gasteiger partial charge in [-0.1, -0.05) is 24.3 Å². The van der Waals surface area contributed by atoms with Crippen LogP contribution in [0.15, 0.2) is 24.3 Å². The summed E-state index contributed by atoms with van der Waals surface area (Å²) in [7, 11) is 1.34. The smallest absolute Gasteiger partial charge is 0.360 e. The van der Waals surface area contributed by atoms with Crippen molar-refractivity contribution in [3.8, 4) is 5.75 Å². The Hall–Kier alpha value is -2.37. The van der Waals surface area contributed by atoms with Crippen LogP contribution in [0.5, 0.6) is 5.75 Å². The summed E-state index contributed by atoms with van der Waals surface area (Å²) in [6.07, 6.45) is 0.661. The van der Waals surface area contributed by atoms with E-state index in [2.05, 4.69) is 10.3 Å². The van der Waals surface area contributed by atoms with Crippen LogP contribution < -0.4 is 4.74 Å². The van der Waals surface area contributed by atoms with Crippen LogP contribution in [0.25, 0.3) is 0 Å². The van der Waals surface area contributed by atoms with Crippen molar-refractivity contribution in [1.82, 2.24) is 15.0 Å². The summed E-state index contributed by atoms with van der Waals surface area (Å²) < 4.78 is 11.8. The molecule has 112 valence electrons. The Morgan fingerprint density at radius 2 is 1.95 bits per heavy atom. The topological polar surface area (TPSA) is 66.2 Å². The van der Waals surface area contributed by atoms with Crippen molar-refractivity contribution in [2.24, 2.45) is 0 Å². The van der Waals surface area contributed by atoms with Gasteiger partial charge in [-0.2, -0.15) is 0 Å². The predicted molar refractivity (Wildman–Crippen MR) is 77.5 cm³/mol. The molecule has 2 aromatic rings. The van der Waals surface area contributed by atoms with Crippen LogP contribution in [0.1, 0.15) is 35.6 Å². The van der Waals surface area contributed by atoms with Gasteiger partial charge in [0.2, 0.25) is 0 Å². The van der Waals surface area contributed by atoms with Crippen LogP contribution in [-0.4, -0.2) is 34.7 Å². The van der Waals surface area contributed by atoms with Gasteiger partial charge in [-0.25, -0.2) is 9.48 Å². The van der Waals surface area contributed by atoms with Crippen LogP contribution in [0.3, 0.4) is 0 Å². The zero-order chi connectivity index (χ0) is 15.2. The highest BCUT2D eigenvalue weighted by Gasteiger charge is 2.18. The number of carbonyl (C=O) groups excluding carboxylic acids is 1. The number of methoxy groups -OCH3 is 1. The summed E-state index contributed by atoms with van der Waals surface area (Å²) in [6, 6.07) is 7.79. The number of esters is 1. The average Bonchev–Trinajstić information content (AvgIpc) is 2.91. The number of aromatic nitrogens is 3. The maximum absolute atomic E-state index is 11.6. The molecule has 0 fully saturated rings. The van der Waals surface area contributed by atoms with E-state index in [-0.39, 0.29) is 5.69 Å². The number of rotatable bonds is 6.